The van der Waals surface area contributed by atoms with E-state index in [2.05, 4.69) is 37.7 Å². The molecule has 8 nitrogen and oxygen atoms in total. The van der Waals surface area contributed by atoms with Gasteiger partial charge in [0, 0.05) is 74.5 Å². The summed E-state index contributed by atoms with van der Waals surface area (Å²) < 4.78 is 0. The van der Waals surface area contributed by atoms with Crippen molar-refractivity contribution in [2.75, 3.05) is 57.7 Å². The van der Waals surface area contributed by atoms with Gasteiger partial charge in [-0.2, -0.15) is 0 Å². The zero-order valence-corrected chi connectivity index (χ0v) is 20.7. The summed E-state index contributed by atoms with van der Waals surface area (Å²) in [7, 11) is 0. The fourth-order valence-corrected chi connectivity index (χ4v) is 5.25. The van der Waals surface area contributed by atoms with Gasteiger partial charge >= 0.3 is 0 Å². The van der Waals surface area contributed by atoms with Crippen molar-refractivity contribution in [1.29, 1.82) is 0 Å². The third-order valence-electron chi connectivity index (χ3n) is 7.02. The van der Waals surface area contributed by atoms with E-state index in [0.717, 1.165) is 87.4 Å². The highest BCUT2D eigenvalue weighted by Gasteiger charge is 2.23. The molecule has 0 aliphatic carbocycles. The Morgan fingerprint density at radius 3 is 2.80 bits per heavy atom. The van der Waals surface area contributed by atoms with E-state index in [1.54, 1.807) is 6.20 Å². The molecule has 0 saturated carbocycles. The summed E-state index contributed by atoms with van der Waals surface area (Å²) >= 11 is 6.50. The maximum Gasteiger partial charge on any atom is 0.246 e. The third kappa shape index (κ3) is 5.50. The quantitative estimate of drug-likeness (QED) is 0.490. The number of para-hydroxylation sites is 1. The maximum atomic E-state index is 11.8. The Kier molecular flexibility index (Phi) is 7.32. The molecule has 184 valence electrons. The Balaban J connectivity index is 1.17. The molecule has 2 aliphatic rings. The first-order valence-electron chi connectivity index (χ1n) is 12.3. The van der Waals surface area contributed by atoms with E-state index in [1.807, 2.05) is 29.3 Å². The predicted molar refractivity (Wildman–Crippen MR) is 141 cm³/mol. The normalized spacial score (nSPS) is 19.7. The van der Waals surface area contributed by atoms with E-state index in [0.29, 0.717) is 17.0 Å². The van der Waals surface area contributed by atoms with E-state index in [1.165, 1.54) is 6.08 Å². The van der Waals surface area contributed by atoms with Crippen molar-refractivity contribution >= 4 is 34.4 Å². The van der Waals surface area contributed by atoms with Gasteiger partial charge in [-0.25, -0.2) is 9.97 Å². The molecule has 3 aromatic rings. The van der Waals surface area contributed by atoms with Gasteiger partial charge in [0.15, 0.2) is 0 Å². The summed E-state index contributed by atoms with van der Waals surface area (Å²) in [6.07, 6.45) is 7.28. The van der Waals surface area contributed by atoms with Crippen LogP contribution in [0, 0.1) is 0 Å². The lowest BCUT2D eigenvalue weighted by Gasteiger charge is -2.37. The molecule has 0 spiro atoms. The summed E-state index contributed by atoms with van der Waals surface area (Å²) in [5.41, 5.74) is 2.78. The minimum Gasteiger partial charge on any atom is -0.360 e. The van der Waals surface area contributed by atoms with E-state index in [9.17, 15) is 4.79 Å². The van der Waals surface area contributed by atoms with Crippen LogP contribution in [0.15, 0.2) is 49.3 Å². The lowest BCUT2D eigenvalue weighted by molar-refractivity contribution is -0.127. The van der Waals surface area contributed by atoms with Gasteiger partial charge < -0.3 is 20.1 Å². The molecule has 1 aromatic carbocycles. The second-order valence-corrected chi connectivity index (χ2v) is 9.70. The average molecular weight is 494 g/mol. The fourth-order valence-electron chi connectivity index (χ4n) is 5.06. The number of H-pyrrole nitrogens is 1. The first kappa shape index (κ1) is 23.8. The predicted octanol–water partition coefficient (Wildman–Crippen LogP) is 3.48. The highest BCUT2D eigenvalue weighted by atomic mass is 35.5. The maximum absolute atomic E-state index is 11.8. The lowest BCUT2D eigenvalue weighted by atomic mass is 10.1. The molecule has 0 unspecified atom stereocenters. The molecule has 1 atom stereocenters. The summed E-state index contributed by atoms with van der Waals surface area (Å²) in [4.78, 5) is 31.2. The molecule has 4 heterocycles. The van der Waals surface area contributed by atoms with Crippen molar-refractivity contribution in [2.24, 2.45) is 0 Å². The number of nitrogens with one attached hydrogen (secondary N) is 2. The molecule has 2 N–H and O–H groups in total. The molecule has 0 radical (unpaired) electrons. The van der Waals surface area contributed by atoms with Gasteiger partial charge in [-0.15, -0.1) is 0 Å². The zero-order valence-electron chi connectivity index (χ0n) is 19.9. The monoisotopic (exact) mass is 493 g/mol. The summed E-state index contributed by atoms with van der Waals surface area (Å²) in [5.74, 6) is 0.649. The van der Waals surface area contributed by atoms with E-state index in [-0.39, 0.29) is 5.91 Å². The Hall–Kier alpha value is -2.94. The van der Waals surface area contributed by atoms with Crippen LogP contribution >= 0.6 is 11.6 Å². The largest absolute Gasteiger partial charge is 0.360 e. The second-order valence-electron chi connectivity index (χ2n) is 9.29. The van der Waals surface area contributed by atoms with Crippen LogP contribution in [0.1, 0.15) is 12.8 Å². The number of amides is 1. The first-order chi connectivity index (χ1) is 17.1. The van der Waals surface area contributed by atoms with Crippen LogP contribution in [0.25, 0.3) is 22.2 Å². The fraction of sp³-hybridized carbons (Fsp3) is 0.423. The van der Waals surface area contributed by atoms with Crippen molar-refractivity contribution < 1.29 is 4.79 Å². The zero-order chi connectivity index (χ0) is 24.2. The number of aromatic amines is 1. The van der Waals surface area contributed by atoms with Crippen LogP contribution in [0.3, 0.4) is 0 Å². The molecule has 9 heteroatoms. The third-order valence-corrected chi connectivity index (χ3v) is 7.29. The number of likely N-dealkylation sites (tertiary alicyclic amines) is 1. The molecule has 2 aromatic heterocycles. The number of carbonyl (C=O) groups is 1. The van der Waals surface area contributed by atoms with Crippen LogP contribution in [-0.2, 0) is 4.79 Å². The number of benzene rings is 1. The number of nitrogens with zero attached hydrogens (tertiary/aromatic N) is 5. The molecule has 2 aliphatic heterocycles. The van der Waals surface area contributed by atoms with E-state index < -0.39 is 0 Å². The van der Waals surface area contributed by atoms with Crippen molar-refractivity contribution in [2.45, 2.75) is 18.9 Å². The molecule has 1 amide bonds. The van der Waals surface area contributed by atoms with Crippen LogP contribution < -0.4 is 5.32 Å². The minimum absolute atomic E-state index is 0.0341. The first-order valence-corrected chi connectivity index (χ1v) is 12.7. The van der Waals surface area contributed by atoms with Crippen molar-refractivity contribution in [3.8, 4) is 11.3 Å². The Labute approximate surface area is 211 Å². The molecular weight excluding hydrogens is 462 g/mol. The molecule has 0 bridgehead atoms. The summed E-state index contributed by atoms with van der Waals surface area (Å²) in [5, 5.41) is 5.19. The van der Waals surface area contributed by atoms with Crippen LogP contribution in [0.2, 0.25) is 5.02 Å². The Bertz CT molecular complexity index is 1190. The van der Waals surface area contributed by atoms with Crippen LogP contribution in [0.4, 0.5) is 5.95 Å². The van der Waals surface area contributed by atoms with Gasteiger partial charge in [0.1, 0.15) is 0 Å². The Morgan fingerprint density at radius 2 is 1.97 bits per heavy atom. The van der Waals surface area contributed by atoms with E-state index >= 15 is 0 Å². The number of fused-ring (bicyclic) bond motifs is 1. The van der Waals surface area contributed by atoms with Crippen LogP contribution in [0.5, 0.6) is 0 Å². The van der Waals surface area contributed by atoms with Crippen molar-refractivity contribution in [1.82, 2.24) is 29.7 Å². The van der Waals surface area contributed by atoms with Crippen molar-refractivity contribution in [3.63, 3.8) is 0 Å². The number of piperazine rings is 1. The minimum atomic E-state index is 0.0341. The number of carbonyl (C=O) groups excluding carboxylic acids is 1. The number of rotatable bonds is 7. The number of aromatic nitrogens is 3. The van der Waals surface area contributed by atoms with E-state index in [4.69, 9.17) is 16.6 Å². The average Bonchev–Trinajstić information content (AvgIpc) is 3.33. The number of halogens is 1. The smallest absolute Gasteiger partial charge is 0.246 e. The van der Waals surface area contributed by atoms with Gasteiger partial charge in [-0.3, -0.25) is 9.69 Å². The standard InChI is InChI=1S/C26H32ClN7O/c1-2-24(35)34-14-12-32(13-15-34)10-11-33-9-5-6-19(18-33)30-26-29-17-22(27)25(31-26)21-16-28-23-8-4-3-7-20(21)23/h2-4,7-8,16-17,19,28H,1,5-6,9-15,18H2,(H,29,30,31)/t19-/m1/s1. The highest BCUT2D eigenvalue weighted by Crippen LogP contribution is 2.32. The number of hydrogen-bond donors (Lipinski definition) is 2. The van der Waals surface area contributed by atoms with Crippen LogP contribution in [-0.4, -0.2) is 94.0 Å². The van der Waals surface area contributed by atoms with Gasteiger partial charge in [0.2, 0.25) is 11.9 Å². The molecular formula is C26H32ClN7O. The lowest BCUT2D eigenvalue weighted by Crippen LogP contribution is -2.51. The van der Waals surface area contributed by atoms with Gasteiger partial charge in [0.25, 0.3) is 0 Å². The molecule has 35 heavy (non-hydrogen) atoms. The van der Waals surface area contributed by atoms with Gasteiger partial charge in [-0.1, -0.05) is 36.4 Å². The Morgan fingerprint density at radius 1 is 1.17 bits per heavy atom. The number of anilines is 1. The summed E-state index contributed by atoms with van der Waals surface area (Å²) in [6.45, 7) is 11.1. The number of piperidine rings is 1. The van der Waals surface area contributed by atoms with Gasteiger partial charge in [0.05, 0.1) is 16.9 Å². The molecule has 2 saturated heterocycles. The van der Waals surface area contributed by atoms with Crippen molar-refractivity contribution in [3.05, 3.63) is 54.3 Å². The van der Waals surface area contributed by atoms with Gasteiger partial charge in [-0.05, 0) is 31.5 Å². The summed E-state index contributed by atoms with van der Waals surface area (Å²) in [6, 6.07) is 8.44. The SMILES string of the molecule is C=CC(=O)N1CCN(CCN2CCC[C@@H](Nc3ncc(Cl)c(-c4c[nH]c5ccccc45)n3)C2)CC1. The topological polar surface area (TPSA) is 80.4 Å². The second kappa shape index (κ2) is 10.8. The molecule has 5 rings (SSSR count). The molecule has 2 fully saturated rings. The number of hydrogen-bond acceptors (Lipinski definition) is 6. The highest BCUT2D eigenvalue weighted by molar-refractivity contribution is 6.33.